The Morgan fingerprint density at radius 1 is 0.635 bits per heavy atom. The van der Waals surface area contributed by atoms with Gasteiger partial charge in [-0.15, -0.1) is 0 Å². The van der Waals surface area contributed by atoms with Crippen molar-refractivity contribution in [2.75, 3.05) is 19.8 Å². The molecule has 0 aromatic heterocycles. The van der Waals surface area contributed by atoms with Crippen molar-refractivity contribution in [3.05, 3.63) is 0 Å². The van der Waals surface area contributed by atoms with Crippen molar-refractivity contribution in [1.82, 2.24) is 5.32 Å². The fourth-order valence-corrected chi connectivity index (χ4v) is 6.70. The topological polar surface area (TPSA) is 111 Å². The first kappa shape index (κ1) is 48.7. The Morgan fingerprint density at radius 2 is 1.12 bits per heavy atom. The van der Waals surface area contributed by atoms with Crippen molar-refractivity contribution >= 4 is 11.9 Å². The zero-order valence-corrected chi connectivity index (χ0v) is 34.8. The number of carbonyl (C=O) groups is 2. The third-order valence-electron chi connectivity index (χ3n) is 10.7. The van der Waals surface area contributed by atoms with Gasteiger partial charge in [-0.1, -0.05) is 100 Å². The van der Waals surface area contributed by atoms with Gasteiger partial charge >= 0.3 is 11.9 Å². The maximum absolute atomic E-state index is 13.8. The van der Waals surface area contributed by atoms with Crippen LogP contribution in [0.15, 0.2) is 0 Å². The van der Waals surface area contributed by atoms with Gasteiger partial charge in [0.2, 0.25) is 0 Å². The second kappa shape index (κ2) is 31.0. The summed E-state index contributed by atoms with van der Waals surface area (Å²) in [5.74, 6) is -1.71. The summed E-state index contributed by atoms with van der Waals surface area (Å²) in [6.45, 7) is 19.2. The number of rotatable bonds is 35. The Balaban J connectivity index is 2.67. The zero-order valence-electron chi connectivity index (χ0n) is 34.8. The number of ether oxygens (including phenoxy) is 3. The molecule has 0 saturated carbocycles. The lowest BCUT2D eigenvalue weighted by Gasteiger charge is -2.37. The summed E-state index contributed by atoms with van der Waals surface area (Å²) in [4.78, 5) is 47.0. The number of unbranched alkanes of at least 4 members (excludes halogenated alkanes) is 7. The normalized spacial score (nSPS) is 15.7. The summed E-state index contributed by atoms with van der Waals surface area (Å²) in [6.07, 6.45) is 19.5. The van der Waals surface area contributed by atoms with Gasteiger partial charge in [0.15, 0.2) is 0 Å². The van der Waals surface area contributed by atoms with Crippen LogP contribution in [-0.2, 0) is 43.3 Å². The Morgan fingerprint density at radius 3 is 1.62 bits per heavy atom. The van der Waals surface area contributed by atoms with Crippen molar-refractivity contribution < 1.29 is 43.3 Å². The Bertz CT molecular complexity index is 838. The van der Waals surface area contributed by atoms with E-state index in [0.717, 1.165) is 142 Å². The number of carbonyl (C=O) groups excluding carboxylic acids is 2. The highest BCUT2D eigenvalue weighted by atomic mass is 17.2. The number of nitrogens with one attached hydrogen (secondary N) is 1. The van der Waals surface area contributed by atoms with Crippen molar-refractivity contribution in [2.45, 2.75) is 233 Å². The Kier molecular flexibility index (Phi) is 29.0. The molecule has 2 unspecified atom stereocenters. The van der Waals surface area contributed by atoms with Crippen LogP contribution in [0.3, 0.4) is 0 Å². The van der Waals surface area contributed by atoms with E-state index in [9.17, 15) is 9.59 Å². The number of hydrogen-bond acceptors (Lipinski definition) is 10. The van der Waals surface area contributed by atoms with Gasteiger partial charge in [-0.05, 0) is 89.4 Å². The van der Waals surface area contributed by atoms with Crippen molar-refractivity contribution in [3.63, 3.8) is 0 Å². The lowest BCUT2D eigenvalue weighted by molar-refractivity contribution is -0.345. The highest BCUT2D eigenvalue weighted by molar-refractivity contribution is 5.77. The van der Waals surface area contributed by atoms with Crippen molar-refractivity contribution in [3.8, 4) is 0 Å². The lowest BCUT2D eigenvalue weighted by Crippen LogP contribution is -2.50. The van der Waals surface area contributed by atoms with Crippen LogP contribution in [0, 0.1) is 5.92 Å². The molecule has 1 N–H and O–H groups in total. The lowest BCUT2D eigenvalue weighted by atomic mass is 9.98. The second-order valence-corrected chi connectivity index (χ2v) is 14.9. The average Bonchev–Trinajstić information content (AvgIpc) is 3.69. The van der Waals surface area contributed by atoms with Crippen LogP contribution >= 0.6 is 0 Å². The molecule has 1 rings (SSSR count). The maximum atomic E-state index is 13.8. The Labute approximate surface area is 318 Å². The number of hydrogen-bond donors (Lipinski definition) is 1. The molecular weight excluding hydrogens is 662 g/mol. The van der Waals surface area contributed by atoms with E-state index < -0.39 is 11.8 Å². The predicted octanol–water partition coefficient (Wildman–Crippen LogP) is 10.5. The van der Waals surface area contributed by atoms with Crippen LogP contribution in [0.4, 0.5) is 0 Å². The van der Waals surface area contributed by atoms with Gasteiger partial charge in [0.1, 0.15) is 12.2 Å². The summed E-state index contributed by atoms with van der Waals surface area (Å²) in [5, 5.41) is 3.87. The first-order valence-corrected chi connectivity index (χ1v) is 21.6. The van der Waals surface area contributed by atoms with E-state index in [1.54, 1.807) is 0 Å². The zero-order chi connectivity index (χ0) is 38.5. The van der Waals surface area contributed by atoms with Crippen LogP contribution in [0.5, 0.6) is 0 Å². The molecule has 0 aromatic carbocycles. The molecule has 0 amide bonds. The maximum Gasteiger partial charge on any atom is 0.401 e. The van der Waals surface area contributed by atoms with Crippen molar-refractivity contribution in [1.29, 1.82) is 0 Å². The van der Waals surface area contributed by atoms with Crippen LogP contribution in [0.2, 0.25) is 0 Å². The van der Waals surface area contributed by atoms with Gasteiger partial charge in [0.05, 0.1) is 18.8 Å². The van der Waals surface area contributed by atoms with Gasteiger partial charge < -0.3 is 19.5 Å². The SMILES string of the molecule is CCC(CC)OOC(=O)CCCCCCCC(CCCCCCC(OC(CC)CC)(OC(CC)CC)C(=O)OOC(CC)CC)NCC1CCOC1. The Hall–Kier alpha value is -1.30. The third kappa shape index (κ3) is 21.0. The van der Waals surface area contributed by atoms with Crippen LogP contribution in [0.25, 0.3) is 0 Å². The molecule has 0 bridgehead atoms. The largest absolute Gasteiger partial charge is 0.401 e. The van der Waals surface area contributed by atoms with E-state index in [4.69, 9.17) is 33.8 Å². The standard InChI is InChI=1S/C42H81NO9/c1-9-36(10-2)47-42(48-37(11-3)12-4,41(45)52-50-39(15-7)16-8)30-25-21-20-23-27-35(43-32-34-29-31-46-33-34)26-22-18-17-19-24-28-40(44)51-49-38(13-5)14-6/h34-39,43H,9-33H2,1-8H3. The highest BCUT2D eigenvalue weighted by Crippen LogP contribution is 2.31. The minimum absolute atomic E-state index is 0.0147. The van der Waals surface area contributed by atoms with E-state index in [1.807, 2.05) is 27.7 Å². The quantitative estimate of drug-likeness (QED) is 0.0291. The molecule has 1 saturated heterocycles. The molecule has 1 aliphatic rings. The summed E-state index contributed by atoms with van der Waals surface area (Å²) in [5.41, 5.74) is 0. The van der Waals surface area contributed by atoms with Crippen LogP contribution < -0.4 is 5.32 Å². The monoisotopic (exact) mass is 744 g/mol. The first-order valence-electron chi connectivity index (χ1n) is 21.6. The van der Waals surface area contributed by atoms with E-state index >= 15 is 0 Å². The minimum Gasteiger partial charge on any atom is -0.381 e. The van der Waals surface area contributed by atoms with E-state index in [0.29, 0.717) is 24.8 Å². The van der Waals surface area contributed by atoms with E-state index in [-0.39, 0.29) is 30.4 Å². The average molecular weight is 744 g/mol. The van der Waals surface area contributed by atoms with Gasteiger partial charge in [0, 0.05) is 32.0 Å². The molecule has 0 aromatic rings. The molecule has 0 aliphatic carbocycles. The molecule has 10 nitrogen and oxygen atoms in total. The highest BCUT2D eigenvalue weighted by Gasteiger charge is 2.46. The van der Waals surface area contributed by atoms with Crippen LogP contribution in [0.1, 0.15) is 197 Å². The fraction of sp³-hybridized carbons (Fsp3) is 0.952. The second-order valence-electron chi connectivity index (χ2n) is 14.9. The summed E-state index contributed by atoms with van der Waals surface area (Å²) < 4.78 is 18.7. The molecule has 0 radical (unpaired) electrons. The van der Waals surface area contributed by atoms with Gasteiger partial charge in [0.25, 0.3) is 5.79 Å². The third-order valence-corrected chi connectivity index (χ3v) is 10.7. The van der Waals surface area contributed by atoms with Gasteiger partial charge in [-0.25, -0.2) is 9.59 Å². The molecule has 2 atom stereocenters. The molecule has 0 spiro atoms. The van der Waals surface area contributed by atoms with Gasteiger partial charge in [-0.2, -0.15) is 9.78 Å². The predicted molar refractivity (Wildman–Crippen MR) is 207 cm³/mol. The first-order chi connectivity index (χ1) is 25.2. The van der Waals surface area contributed by atoms with Crippen LogP contribution in [-0.4, -0.2) is 67.9 Å². The molecule has 1 aliphatic heterocycles. The minimum atomic E-state index is -1.48. The molecular formula is C42H81NO9. The summed E-state index contributed by atoms with van der Waals surface area (Å²) in [6, 6.07) is 0.477. The fourth-order valence-electron chi connectivity index (χ4n) is 6.70. The molecule has 52 heavy (non-hydrogen) atoms. The van der Waals surface area contributed by atoms with E-state index in [1.165, 1.54) is 6.42 Å². The summed E-state index contributed by atoms with van der Waals surface area (Å²) >= 11 is 0. The molecule has 1 fully saturated rings. The smallest absolute Gasteiger partial charge is 0.381 e. The van der Waals surface area contributed by atoms with E-state index in [2.05, 4.69) is 33.0 Å². The van der Waals surface area contributed by atoms with Crippen molar-refractivity contribution in [2.24, 2.45) is 5.92 Å². The molecule has 10 heteroatoms. The van der Waals surface area contributed by atoms with Gasteiger partial charge in [-0.3, -0.25) is 9.78 Å². The molecule has 308 valence electrons. The summed E-state index contributed by atoms with van der Waals surface area (Å²) in [7, 11) is 0. The molecule has 1 heterocycles.